The summed E-state index contributed by atoms with van der Waals surface area (Å²) >= 11 is 0. The summed E-state index contributed by atoms with van der Waals surface area (Å²) in [4.78, 5) is 41.2. The number of aliphatic hydroxyl groups is 18. The van der Waals surface area contributed by atoms with E-state index >= 15 is 0 Å². The van der Waals surface area contributed by atoms with Crippen LogP contribution in [0.25, 0.3) is 0 Å². The highest BCUT2D eigenvalue weighted by Gasteiger charge is 2.42. The summed E-state index contributed by atoms with van der Waals surface area (Å²) < 4.78 is 38.3. The number of aliphatic hydroxyl groups excluding tert-OH is 18. The van der Waals surface area contributed by atoms with Gasteiger partial charge in [-0.25, -0.2) is 8.78 Å². The Kier molecular flexibility index (Phi) is 47.6. The van der Waals surface area contributed by atoms with Crippen molar-refractivity contribution in [3.63, 3.8) is 0 Å². The average Bonchev–Trinajstić information content (AvgIpc) is 0.837. The van der Waals surface area contributed by atoms with Gasteiger partial charge in [0.05, 0.1) is 122 Å². The minimum absolute atomic E-state index is 0. The molecule has 0 aliphatic carbocycles. The number of nitrogens with two attached hydrogens (primary N) is 3. The predicted octanol–water partition coefficient (Wildman–Crippen LogP) is -5.11. The van der Waals surface area contributed by atoms with Gasteiger partial charge in [0.15, 0.2) is 0 Å². The second-order valence-corrected chi connectivity index (χ2v) is 30.3. The summed E-state index contributed by atoms with van der Waals surface area (Å²) in [5.74, 6) is -2.90. The van der Waals surface area contributed by atoms with E-state index in [1.54, 1.807) is 26.0 Å². The largest absolute Gasteiger partial charge is 0.399 e. The zero-order chi connectivity index (χ0) is 81.4. The lowest BCUT2D eigenvalue weighted by Crippen LogP contribution is -2.58. The van der Waals surface area contributed by atoms with Crippen LogP contribution < -0.4 is 33.2 Å². The van der Waals surface area contributed by atoms with Crippen LogP contribution in [0.3, 0.4) is 0 Å². The molecule has 37 heteroatoms. The first kappa shape index (κ1) is 101. The lowest BCUT2D eigenvalue weighted by Gasteiger charge is -2.39. The van der Waals surface area contributed by atoms with Gasteiger partial charge in [-0.15, -0.1) is 12.4 Å². The molecule has 7 aliphatic rings. The van der Waals surface area contributed by atoms with Gasteiger partial charge < -0.3 is 135 Å². The molecule has 0 saturated carbocycles. The van der Waals surface area contributed by atoms with Gasteiger partial charge in [0.1, 0.15) is 12.3 Å². The fourth-order valence-corrected chi connectivity index (χ4v) is 13.8. The molecular weight excluding hydrogens is 1460 g/mol. The van der Waals surface area contributed by atoms with Crippen LogP contribution in [0.4, 0.5) is 24.5 Å². The van der Waals surface area contributed by atoms with Crippen molar-refractivity contribution < 1.29 is 120 Å². The molecule has 109 heavy (non-hydrogen) atoms. The number of nitrogens with zero attached hydrogens (tertiary/aromatic N) is 5. The number of non-ortho nitro benzene ring substituents is 1. The van der Waals surface area contributed by atoms with Gasteiger partial charge in [0, 0.05) is 177 Å². The highest BCUT2D eigenvalue weighted by Crippen LogP contribution is 2.27. The molecule has 2 aromatic rings. The number of hydrogen-bond donors (Lipinski definition) is 24. The summed E-state index contributed by atoms with van der Waals surface area (Å²) in [6, 6.07) is 12.7. The van der Waals surface area contributed by atoms with Crippen molar-refractivity contribution in [2.45, 2.75) is 190 Å². The Labute approximate surface area is 643 Å². The number of anilines is 1. The van der Waals surface area contributed by atoms with Gasteiger partial charge in [0.2, 0.25) is 11.8 Å². The van der Waals surface area contributed by atoms with Gasteiger partial charge in [-0.05, 0) is 60.8 Å². The smallest absolute Gasteiger partial charge is 0.269 e. The molecule has 0 unspecified atom stereocenters. The molecule has 634 valence electrons. The number of carbonyl (C=O) groups excluding carboxylic acids is 2. The molecule has 7 saturated heterocycles. The first-order chi connectivity index (χ1) is 50.9. The normalized spacial score (nSPS) is 32.5. The van der Waals surface area contributed by atoms with Gasteiger partial charge in [-0.3, -0.25) is 33.9 Å². The predicted molar refractivity (Wildman–Crippen MR) is 402 cm³/mol. The van der Waals surface area contributed by atoms with Crippen molar-refractivity contribution in [3.05, 3.63) is 69.8 Å². The number of β-amino-alcohol motifs (C(OH)–C–C–N with tert-alkyl or cyclic N) is 7. The fraction of sp³-hybridized carbons (Fsp3) is 0.806. The first-order valence-corrected chi connectivity index (χ1v) is 37.5. The van der Waals surface area contributed by atoms with E-state index in [2.05, 4.69) is 16.0 Å². The summed E-state index contributed by atoms with van der Waals surface area (Å²) in [6.07, 6.45) is -12.8. The van der Waals surface area contributed by atoms with Crippen molar-refractivity contribution in [1.29, 1.82) is 0 Å². The molecular formula is C72H131ClF3N11O22. The Morgan fingerprint density at radius 3 is 1.15 bits per heavy atom. The van der Waals surface area contributed by atoms with Gasteiger partial charge in [-0.1, -0.05) is 65.8 Å². The van der Waals surface area contributed by atoms with E-state index in [4.69, 9.17) is 37.6 Å². The molecule has 7 heterocycles. The number of nitro benzene ring substituents is 1. The number of carbonyl (C=O) groups is 2. The zero-order valence-electron chi connectivity index (χ0n) is 63.6. The quantitative estimate of drug-likeness (QED) is 0.0335. The van der Waals surface area contributed by atoms with E-state index < -0.39 is 157 Å². The molecule has 2 amide bonds. The Balaban J connectivity index is 0.000000436. The Morgan fingerprint density at radius 2 is 0.817 bits per heavy atom. The molecule has 25 atom stereocenters. The van der Waals surface area contributed by atoms with Crippen molar-refractivity contribution in [3.8, 4) is 0 Å². The van der Waals surface area contributed by atoms with Crippen LogP contribution in [0.1, 0.15) is 78.4 Å². The molecule has 33 nitrogen and oxygen atoms in total. The van der Waals surface area contributed by atoms with Crippen LogP contribution in [-0.2, 0) is 22.7 Å². The fourth-order valence-electron chi connectivity index (χ4n) is 13.8. The Bertz CT molecular complexity index is 2760. The summed E-state index contributed by atoms with van der Waals surface area (Å²) in [5.41, 5.74) is 19.9. The van der Waals surface area contributed by atoms with Crippen LogP contribution in [0, 0.1) is 63.4 Å². The third-order valence-electron chi connectivity index (χ3n) is 20.3. The molecule has 0 aromatic heterocycles. The monoisotopic (exact) mass is 1590 g/mol. The van der Waals surface area contributed by atoms with E-state index in [0.717, 1.165) is 11.1 Å². The number of alkyl halides is 3. The molecule has 7 fully saturated rings. The van der Waals surface area contributed by atoms with Crippen LogP contribution in [0.5, 0.6) is 0 Å². The molecule has 0 bridgehead atoms. The number of nitrogen functional groups attached to an aromatic ring is 1. The SMILES string of the molecule is CC(C)C[C@@H](N)C(=O)N1C[C@H](CO)[C@@H](O)[C@H](O)C1.CC(C)C[C@H](N)C(=O)N1C[C@H](CO)[C@@H](O)[C@H](O)C1.CC[C@@H](F)[C@H]1CNC[C@@H](O)[C@@H]1O.CC[C@H](F)[C@H]1CNC[C@@H](O)[C@@H]1O.Cl.Nc1cccc(CN2C[C@H](CO)[C@@H](O)[C@H](O)C2)c1.O=[N+]([O-])c1cccc(CN2C[C@H](CO)[C@@H](O)[C@H](O)C2)c1.O[C@@H]1[C@@H](CF)CNC[C@H]1O. The lowest BCUT2D eigenvalue weighted by atomic mass is 9.89. The van der Waals surface area contributed by atoms with E-state index in [0.29, 0.717) is 115 Å². The second-order valence-electron chi connectivity index (χ2n) is 30.3. The number of piperidine rings is 7. The number of halogens is 4. The minimum atomic E-state index is -1.03. The summed E-state index contributed by atoms with van der Waals surface area (Å²) in [6.45, 7) is 15.8. The van der Waals surface area contributed by atoms with Crippen molar-refractivity contribution >= 4 is 35.6 Å². The van der Waals surface area contributed by atoms with Crippen LogP contribution in [-0.4, -0.2) is 363 Å². The maximum absolute atomic E-state index is 13.1. The van der Waals surface area contributed by atoms with E-state index in [1.807, 2.05) is 61.8 Å². The molecule has 27 N–H and O–H groups in total. The van der Waals surface area contributed by atoms with Crippen LogP contribution in [0.2, 0.25) is 0 Å². The number of benzene rings is 2. The highest BCUT2D eigenvalue weighted by atomic mass is 35.5. The Hall–Kier alpha value is -4.34. The number of amides is 2. The maximum atomic E-state index is 13.1. The molecule has 7 aliphatic heterocycles. The number of nitrogens with one attached hydrogen (secondary N) is 3. The van der Waals surface area contributed by atoms with Crippen LogP contribution >= 0.6 is 12.4 Å². The number of likely N-dealkylation sites (tertiary alicyclic amines) is 4. The average molecular weight is 1600 g/mol. The number of hydrogen-bond acceptors (Lipinski definition) is 30. The summed E-state index contributed by atoms with van der Waals surface area (Å²) in [7, 11) is 0. The third-order valence-corrected chi connectivity index (χ3v) is 20.3. The standard InChI is InChI=1S/C13H18N2O5.C13H20N2O3.2C12H24N2O4.2C8H16FNO2.C6H12FNO2.ClH/c16-8-10-6-14(7-12(17)13(10)18)5-9-2-1-3-11(4-9)15(19)20;14-11-3-1-2-9(4-11)5-15-6-10(8-16)13(18)12(17)7-15;2*1-7(2)3-9(13)12(18)14-4-8(6-15)11(17)10(16)5-14;2*1-2-6(9)5-3-10-4-7(11)8(5)12;7-1-4-2-8-3-5(9)6(4)10;/h1-4,10,12-13,16-18H,5-8H2;1-4,10,12-13,16-18H,5-8,14H2;2*7-11,15-17H,3-6,13H2,1-2H3;2*5-8,10-12H,2-4H2,1H3;4-6,8-10H,1-3H2;1H/t2*10-,12-,13-;8-,9+,10-,11-;8-,9-,10-,11-;5-,6+,7-,8-;5-,6-,7-,8-;4-,5+,6+;/m1111110./s1. The molecule has 2 aromatic carbocycles. The van der Waals surface area contributed by atoms with Gasteiger partial charge in [-0.2, -0.15) is 0 Å². The highest BCUT2D eigenvalue weighted by molar-refractivity contribution is 5.85. The third kappa shape index (κ3) is 33.2. The molecule has 0 spiro atoms. The minimum Gasteiger partial charge on any atom is -0.399 e. The van der Waals surface area contributed by atoms with Crippen molar-refractivity contribution in [2.24, 2.45) is 64.7 Å². The van der Waals surface area contributed by atoms with Crippen molar-refractivity contribution in [2.75, 3.05) is 130 Å². The van der Waals surface area contributed by atoms with Crippen LogP contribution in [0.15, 0.2) is 48.5 Å². The van der Waals surface area contributed by atoms with Gasteiger partial charge >= 0.3 is 0 Å². The van der Waals surface area contributed by atoms with E-state index in [9.17, 15) is 104 Å². The Morgan fingerprint density at radius 1 is 0.486 bits per heavy atom. The molecule has 0 radical (unpaired) electrons. The number of rotatable bonds is 20. The first-order valence-electron chi connectivity index (χ1n) is 37.5. The second kappa shape index (κ2) is 51.5. The summed E-state index contributed by atoms with van der Waals surface area (Å²) in [5, 5.41) is 189. The lowest BCUT2D eigenvalue weighted by molar-refractivity contribution is -0.384. The van der Waals surface area contributed by atoms with E-state index in [-0.39, 0.29) is 95.0 Å². The zero-order valence-corrected chi connectivity index (χ0v) is 64.4. The van der Waals surface area contributed by atoms with Crippen molar-refractivity contribution in [1.82, 2.24) is 35.6 Å². The van der Waals surface area contributed by atoms with E-state index in [1.165, 1.54) is 21.9 Å². The number of nitro groups is 1. The topological polar surface area (TPSA) is 569 Å². The van der Waals surface area contributed by atoms with Gasteiger partial charge in [0.25, 0.3) is 5.69 Å². The molecule has 9 rings (SSSR count). The maximum Gasteiger partial charge on any atom is 0.269 e.